The number of hydrogen-bond acceptors (Lipinski definition) is 3. The van der Waals surface area contributed by atoms with Crippen molar-refractivity contribution in [2.45, 2.75) is 45.1 Å². The van der Waals surface area contributed by atoms with Crippen LogP contribution in [0.2, 0.25) is 0 Å². The average molecular weight is 225 g/mol. The first-order valence-electron chi connectivity index (χ1n) is 6.05. The van der Waals surface area contributed by atoms with Crippen LogP contribution in [0.5, 0.6) is 0 Å². The summed E-state index contributed by atoms with van der Waals surface area (Å²) < 4.78 is 4.97. The molecule has 4 atom stereocenters. The number of carbonyl (C=O) groups excluding carboxylic acids is 2. The molecule has 2 saturated carbocycles. The molecule has 0 radical (unpaired) electrons. The minimum Gasteiger partial charge on any atom is -0.453 e. The Kier molecular flexibility index (Phi) is 3.17. The second-order valence-electron chi connectivity index (χ2n) is 5.17. The fraction of sp³-hybridized carbons (Fsp3) is 0.833. The largest absolute Gasteiger partial charge is 0.453 e. The molecule has 16 heavy (non-hydrogen) atoms. The summed E-state index contributed by atoms with van der Waals surface area (Å²) >= 11 is 0. The van der Waals surface area contributed by atoms with E-state index in [2.05, 4.69) is 0 Å². The Hall–Kier alpha value is -1.06. The molecule has 2 bridgehead atoms. The van der Waals surface area contributed by atoms with Crippen molar-refractivity contribution in [2.24, 2.45) is 23.5 Å². The number of nitrogens with two attached hydrogens (primary N) is 1. The lowest BCUT2D eigenvalue weighted by Crippen LogP contribution is -2.31. The molecule has 0 saturated heterocycles. The Morgan fingerprint density at radius 2 is 2.12 bits per heavy atom. The van der Waals surface area contributed by atoms with E-state index in [0.717, 1.165) is 12.3 Å². The topological polar surface area (TPSA) is 69.4 Å². The van der Waals surface area contributed by atoms with Crippen molar-refractivity contribution in [1.29, 1.82) is 0 Å². The van der Waals surface area contributed by atoms with Gasteiger partial charge in [0.25, 0.3) is 5.91 Å². The van der Waals surface area contributed by atoms with E-state index in [1.165, 1.54) is 26.2 Å². The Morgan fingerprint density at radius 1 is 1.38 bits per heavy atom. The fourth-order valence-electron chi connectivity index (χ4n) is 3.14. The van der Waals surface area contributed by atoms with Gasteiger partial charge >= 0.3 is 5.97 Å². The van der Waals surface area contributed by atoms with E-state index in [1.807, 2.05) is 0 Å². The van der Waals surface area contributed by atoms with E-state index in [9.17, 15) is 9.59 Å². The van der Waals surface area contributed by atoms with E-state index >= 15 is 0 Å². The van der Waals surface area contributed by atoms with Gasteiger partial charge in [0, 0.05) is 6.42 Å². The third-order valence-electron chi connectivity index (χ3n) is 4.02. The first-order chi connectivity index (χ1) is 7.56. The summed E-state index contributed by atoms with van der Waals surface area (Å²) in [7, 11) is 0. The molecular formula is C12H19NO3. The third-order valence-corrected chi connectivity index (χ3v) is 4.02. The molecule has 0 aromatic carbocycles. The molecule has 4 heteroatoms. The summed E-state index contributed by atoms with van der Waals surface area (Å²) in [5, 5.41) is 0. The summed E-state index contributed by atoms with van der Waals surface area (Å²) in [5.41, 5.74) is 5.04. The highest BCUT2D eigenvalue weighted by Crippen LogP contribution is 2.49. The van der Waals surface area contributed by atoms with Crippen molar-refractivity contribution < 1.29 is 14.3 Å². The second kappa shape index (κ2) is 4.44. The van der Waals surface area contributed by atoms with Crippen molar-refractivity contribution in [1.82, 2.24) is 0 Å². The van der Waals surface area contributed by atoms with Crippen LogP contribution in [-0.2, 0) is 14.3 Å². The number of ether oxygens (including phenoxy) is 1. The molecule has 0 aromatic rings. The molecule has 0 heterocycles. The molecule has 0 spiro atoms. The Morgan fingerprint density at radius 3 is 2.62 bits per heavy atom. The Bertz CT molecular complexity index is 303. The number of rotatable bonds is 4. The van der Waals surface area contributed by atoms with Gasteiger partial charge in [0.2, 0.25) is 0 Å². The number of fused-ring (bicyclic) bond motifs is 2. The standard InChI is InChI=1S/C12H19NO3/c1-7(12(13)15)16-11(14)6-10-5-8-2-3-9(10)4-8/h7-10H,2-6H2,1H3,(H2,13,15)/t7-,8+,9+,10+/m1/s1. The predicted octanol–water partition coefficient (Wildman–Crippen LogP) is 1.23. The van der Waals surface area contributed by atoms with Crippen LogP contribution in [0.4, 0.5) is 0 Å². The number of amides is 1. The lowest BCUT2D eigenvalue weighted by atomic mass is 9.86. The van der Waals surface area contributed by atoms with Gasteiger partial charge in [-0.25, -0.2) is 0 Å². The molecule has 90 valence electrons. The predicted molar refractivity (Wildman–Crippen MR) is 58.3 cm³/mol. The van der Waals surface area contributed by atoms with Crippen LogP contribution < -0.4 is 5.73 Å². The summed E-state index contributed by atoms with van der Waals surface area (Å²) in [6, 6.07) is 0. The van der Waals surface area contributed by atoms with Gasteiger partial charge < -0.3 is 10.5 Å². The van der Waals surface area contributed by atoms with E-state index in [-0.39, 0.29) is 5.97 Å². The molecular weight excluding hydrogens is 206 g/mol. The maximum atomic E-state index is 11.6. The summed E-state index contributed by atoms with van der Waals surface area (Å²) in [6.45, 7) is 1.51. The minimum atomic E-state index is -0.800. The van der Waals surface area contributed by atoms with E-state index in [4.69, 9.17) is 10.5 Å². The van der Waals surface area contributed by atoms with Crippen LogP contribution in [-0.4, -0.2) is 18.0 Å². The van der Waals surface area contributed by atoms with Gasteiger partial charge in [0.05, 0.1) is 0 Å². The number of primary amides is 1. The molecule has 1 amide bonds. The number of hydrogen-bond donors (Lipinski definition) is 1. The highest BCUT2D eigenvalue weighted by Gasteiger charge is 2.40. The fourth-order valence-corrected chi connectivity index (χ4v) is 3.14. The molecule has 0 aliphatic heterocycles. The number of carbonyl (C=O) groups is 2. The molecule has 2 aliphatic rings. The van der Waals surface area contributed by atoms with E-state index < -0.39 is 12.0 Å². The van der Waals surface area contributed by atoms with Crippen LogP contribution in [0.25, 0.3) is 0 Å². The SMILES string of the molecule is C[C@@H](OC(=O)C[C@@H]1C[C@H]2CC[C@H]1C2)C(N)=O. The average Bonchev–Trinajstić information content (AvgIpc) is 2.78. The van der Waals surface area contributed by atoms with E-state index in [1.54, 1.807) is 0 Å². The molecule has 2 aliphatic carbocycles. The highest BCUT2D eigenvalue weighted by atomic mass is 16.5. The lowest BCUT2D eigenvalue weighted by Gasteiger charge is -2.21. The molecule has 2 N–H and O–H groups in total. The quantitative estimate of drug-likeness (QED) is 0.731. The van der Waals surface area contributed by atoms with Crippen LogP contribution in [0.3, 0.4) is 0 Å². The number of esters is 1. The van der Waals surface area contributed by atoms with Gasteiger partial charge in [-0.2, -0.15) is 0 Å². The lowest BCUT2D eigenvalue weighted by molar-refractivity contribution is -0.155. The van der Waals surface area contributed by atoms with Gasteiger partial charge in [0.15, 0.2) is 6.10 Å². The zero-order chi connectivity index (χ0) is 11.7. The van der Waals surface area contributed by atoms with Crippen LogP contribution >= 0.6 is 0 Å². The smallest absolute Gasteiger partial charge is 0.306 e. The summed E-state index contributed by atoms with van der Waals surface area (Å²) in [5.74, 6) is 1.16. The van der Waals surface area contributed by atoms with Crippen LogP contribution in [0.1, 0.15) is 39.0 Å². The van der Waals surface area contributed by atoms with E-state index in [0.29, 0.717) is 18.3 Å². The Labute approximate surface area is 95.5 Å². The zero-order valence-electron chi connectivity index (χ0n) is 9.65. The third kappa shape index (κ3) is 2.36. The Balaban J connectivity index is 1.77. The van der Waals surface area contributed by atoms with Crippen molar-refractivity contribution >= 4 is 11.9 Å². The van der Waals surface area contributed by atoms with Crippen molar-refractivity contribution in [3.05, 3.63) is 0 Å². The maximum Gasteiger partial charge on any atom is 0.306 e. The first-order valence-corrected chi connectivity index (χ1v) is 6.05. The zero-order valence-corrected chi connectivity index (χ0v) is 9.65. The maximum absolute atomic E-state index is 11.6. The molecule has 0 aromatic heterocycles. The van der Waals surface area contributed by atoms with Crippen molar-refractivity contribution in [3.63, 3.8) is 0 Å². The van der Waals surface area contributed by atoms with Gasteiger partial charge in [-0.05, 0) is 43.9 Å². The van der Waals surface area contributed by atoms with Gasteiger partial charge in [-0.15, -0.1) is 0 Å². The van der Waals surface area contributed by atoms with Gasteiger partial charge in [0.1, 0.15) is 0 Å². The van der Waals surface area contributed by atoms with Crippen molar-refractivity contribution in [3.8, 4) is 0 Å². The molecule has 0 unspecified atom stereocenters. The normalized spacial score (nSPS) is 33.7. The van der Waals surface area contributed by atoms with Crippen LogP contribution in [0.15, 0.2) is 0 Å². The van der Waals surface area contributed by atoms with Gasteiger partial charge in [-0.3, -0.25) is 9.59 Å². The molecule has 4 nitrogen and oxygen atoms in total. The molecule has 2 rings (SSSR count). The second-order valence-corrected chi connectivity index (χ2v) is 5.17. The van der Waals surface area contributed by atoms with Gasteiger partial charge in [-0.1, -0.05) is 6.42 Å². The summed E-state index contributed by atoms with van der Waals surface area (Å²) in [4.78, 5) is 22.3. The highest BCUT2D eigenvalue weighted by molar-refractivity contribution is 5.81. The monoisotopic (exact) mass is 225 g/mol. The van der Waals surface area contributed by atoms with Crippen LogP contribution in [0, 0.1) is 17.8 Å². The minimum absolute atomic E-state index is 0.274. The summed E-state index contributed by atoms with van der Waals surface area (Å²) in [6.07, 6.45) is 4.68. The molecule has 2 fully saturated rings. The van der Waals surface area contributed by atoms with Crippen molar-refractivity contribution in [2.75, 3.05) is 0 Å². The first kappa shape index (κ1) is 11.4.